The van der Waals surface area contributed by atoms with Gasteiger partial charge in [0.25, 0.3) is 0 Å². The smallest absolute Gasteiger partial charge is 0.132 e. The highest BCUT2D eigenvalue weighted by molar-refractivity contribution is 5.20. The van der Waals surface area contributed by atoms with E-state index in [1.54, 1.807) is 0 Å². The van der Waals surface area contributed by atoms with Gasteiger partial charge in [-0.25, -0.2) is 13.2 Å². The molecule has 0 aliphatic rings. The van der Waals surface area contributed by atoms with Crippen LogP contribution in [-0.4, -0.2) is 24.9 Å². The van der Waals surface area contributed by atoms with Gasteiger partial charge in [-0.15, -0.1) is 0 Å². The topological polar surface area (TPSA) is 29.5 Å². The average molecular weight is 374 g/mol. The summed E-state index contributed by atoms with van der Waals surface area (Å²) in [6, 6.07) is 1.50. The van der Waals surface area contributed by atoms with Crippen LogP contribution >= 0.6 is 0 Å². The Balaban J connectivity index is 1.88. The fourth-order valence-electron chi connectivity index (χ4n) is 3.07. The summed E-state index contributed by atoms with van der Waals surface area (Å²) in [5, 5.41) is 8.57. The Morgan fingerprint density at radius 1 is 0.654 bits per heavy atom. The number of aliphatic hydroxyl groups is 1. The van der Waals surface area contributed by atoms with Crippen LogP contribution in [0.1, 0.15) is 76.2 Å². The second-order valence-corrected chi connectivity index (χ2v) is 6.82. The Bertz CT molecular complexity index is 457. The Kier molecular flexibility index (Phi) is 13.3. The molecule has 0 radical (unpaired) electrons. The van der Waals surface area contributed by atoms with Crippen LogP contribution in [0, 0.1) is 17.5 Å². The molecule has 0 spiro atoms. The molecular weight excluding hydrogens is 341 g/mol. The molecule has 1 aromatic carbocycles. The van der Waals surface area contributed by atoms with Crippen molar-refractivity contribution in [2.24, 2.45) is 0 Å². The molecule has 0 bridgehead atoms. The highest BCUT2D eigenvalue weighted by atomic mass is 19.1. The first-order valence-electron chi connectivity index (χ1n) is 9.97. The molecule has 2 nitrogen and oxygen atoms in total. The molecule has 0 amide bonds. The molecule has 1 aromatic rings. The molecule has 0 heterocycles. The maximum Gasteiger partial charge on any atom is 0.132 e. The molecule has 0 atom stereocenters. The van der Waals surface area contributed by atoms with Crippen molar-refractivity contribution in [1.29, 1.82) is 0 Å². The molecule has 0 aromatic heterocycles. The maximum absolute atomic E-state index is 13.5. The molecule has 1 N–H and O–H groups in total. The van der Waals surface area contributed by atoms with Crippen LogP contribution in [0.2, 0.25) is 0 Å². The fourth-order valence-corrected chi connectivity index (χ4v) is 3.07. The van der Waals surface area contributed by atoms with Crippen molar-refractivity contribution < 1.29 is 23.0 Å². The van der Waals surface area contributed by atoms with E-state index in [2.05, 4.69) is 0 Å². The lowest BCUT2D eigenvalue weighted by molar-refractivity contribution is 0.0895. The Hall–Kier alpha value is -1.07. The first-order valence-corrected chi connectivity index (χ1v) is 9.97. The Morgan fingerprint density at radius 2 is 1.12 bits per heavy atom. The van der Waals surface area contributed by atoms with Gasteiger partial charge in [0.05, 0.1) is 13.2 Å². The van der Waals surface area contributed by atoms with Crippen LogP contribution in [0.5, 0.6) is 0 Å². The number of benzene rings is 1. The number of hydrogen-bond acceptors (Lipinski definition) is 2. The quantitative estimate of drug-likeness (QED) is 0.363. The molecular formula is C21H33F3O2. The van der Waals surface area contributed by atoms with E-state index in [0.717, 1.165) is 50.8 Å². The van der Waals surface area contributed by atoms with Crippen molar-refractivity contribution in [3.05, 3.63) is 35.1 Å². The van der Waals surface area contributed by atoms with Gasteiger partial charge in [-0.2, -0.15) is 0 Å². The van der Waals surface area contributed by atoms with Crippen molar-refractivity contribution >= 4 is 0 Å². The van der Waals surface area contributed by atoms with Gasteiger partial charge in [-0.3, -0.25) is 0 Å². The van der Waals surface area contributed by atoms with Gasteiger partial charge in [-0.1, -0.05) is 57.8 Å². The summed E-state index contributed by atoms with van der Waals surface area (Å²) in [4.78, 5) is 0. The molecule has 0 saturated heterocycles. The largest absolute Gasteiger partial charge is 0.394 e. The standard InChI is InChI=1S/C21H33F3O2/c22-18-16-20(23)19(21(24)17-18)12-10-8-6-4-2-1-3-5-7-9-11-14-26-15-13-25/h16-17,25H,1-15H2. The minimum absolute atomic E-state index is 0.00756. The highest BCUT2D eigenvalue weighted by Crippen LogP contribution is 2.18. The van der Waals surface area contributed by atoms with E-state index in [1.165, 1.54) is 38.5 Å². The van der Waals surface area contributed by atoms with Crippen molar-refractivity contribution in [3.63, 3.8) is 0 Å². The number of ether oxygens (including phenoxy) is 1. The summed E-state index contributed by atoms with van der Waals surface area (Å²) in [7, 11) is 0. The van der Waals surface area contributed by atoms with Crippen LogP contribution in [0.15, 0.2) is 12.1 Å². The molecule has 0 aliphatic carbocycles. The maximum atomic E-state index is 13.5. The van der Waals surface area contributed by atoms with Crippen LogP contribution in [0.4, 0.5) is 13.2 Å². The fraction of sp³-hybridized carbons (Fsp3) is 0.714. The average Bonchev–Trinajstić information content (AvgIpc) is 2.60. The van der Waals surface area contributed by atoms with Gasteiger partial charge in [0, 0.05) is 24.3 Å². The zero-order valence-corrected chi connectivity index (χ0v) is 15.8. The summed E-state index contributed by atoms with van der Waals surface area (Å²) < 4.78 is 45.0. The van der Waals surface area contributed by atoms with Crippen LogP contribution in [-0.2, 0) is 11.2 Å². The lowest BCUT2D eigenvalue weighted by Crippen LogP contribution is -2.00. The van der Waals surface area contributed by atoms with Gasteiger partial charge >= 0.3 is 0 Å². The van der Waals surface area contributed by atoms with Crippen molar-refractivity contribution in [3.8, 4) is 0 Å². The van der Waals surface area contributed by atoms with E-state index < -0.39 is 17.5 Å². The van der Waals surface area contributed by atoms with Crippen molar-refractivity contribution in [1.82, 2.24) is 0 Å². The van der Waals surface area contributed by atoms with E-state index in [4.69, 9.17) is 9.84 Å². The Labute approximate surface area is 155 Å². The van der Waals surface area contributed by atoms with E-state index in [9.17, 15) is 13.2 Å². The van der Waals surface area contributed by atoms with Crippen LogP contribution in [0.3, 0.4) is 0 Å². The third-order valence-corrected chi connectivity index (χ3v) is 4.56. The lowest BCUT2D eigenvalue weighted by atomic mass is 10.0. The molecule has 0 unspecified atom stereocenters. The summed E-state index contributed by atoms with van der Waals surface area (Å²) in [6.07, 6.45) is 12.7. The van der Waals surface area contributed by atoms with Gasteiger partial charge in [0.2, 0.25) is 0 Å². The second-order valence-electron chi connectivity index (χ2n) is 6.82. The van der Waals surface area contributed by atoms with Gasteiger partial charge in [0.1, 0.15) is 17.5 Å². The Morgan fingerprint density at radius 3 is 1.62 bits per heavy atom. The van der Waals surface area contributed by atoms with E-state index >= 15 is 0 Å². The number of rotatable bonds is 16. The zero-order valence-electron chi connectivity index (χ0n) is 15.8. The van der Waals surface area contributed by atoms with E-state index in [0.29, 0.717) is 13.0 Å². The monoisotopic (exact) mass is 374 g/mol. The summed E-state index contributed by atoms with van der Waals surface area (Å²) in [5.74, 6) is -2.41. The first kappa shape index (κ1) is 23.0. The number of aliphatic hydroxyl groups excluding tert-OH is 1. The molecule has 0 fully saturated rings. The predicted octanol–water partition coefficient (Wildman–Crippen LogP) is 5.95. The number of unbranched alkanes of at least 4 members (excludes halogenated alkanes) is 10. The number of hydrogen-bond donors (Lipinski definition) is 1. The van der Waals surface area contributed by atoms with Crippen molar-refractivity contribution in [2.45, 2.75) is 77.0 Å². The molecule has 1 rings (SSSR count). The van der Waals surface area contributed by atoms with E-state index in [1.807, 2.05) is 0 Å². The van der Waals surface area contributed by atoms with Gasteiger partial charge < -0.3 is 9.84 Å². The van der Waals surface area contributed by atoms with Gasteiger partial charge in [-0.05, 0) is 19.3 Å². The number of halogens is 3. The van der Waals surface area contributed by atoms with Crippen LogP contribution < -0.4 is 0 Å². The second kappa shape index (κ2) is 15.0. The summed E-state index contributed by atoms with van der Waals surface area (Å²) in [5.41, 5.74) is 0.00756. The predicted molar refractivity (Wildman–Crippen MR) is 98.7 cm³/mol. The molecule has 5 heteroatoms. The lowest BCUT2D eigenvalue weighted by Gasteiger charge is -2.06. The zero-order chi connectivity index (χ0) is 19.0. The summed E-state index contributed by atoms with van der Waals surface area (Å²) >= 11 is 0. The normalized spacial score (nSPS) is 11.2. The molecule has 0 saturated carbocycles. The SMILES string of the molecule is OCCOCCCCCCCCCCCCCc1c(F)cc(F)cc1F. The third kappa shape index (κ3) is 10.8. The third-order valence-electron chi connectivity index (χ3n) is 4.56. The van der Waals surface area contributed by atoms with Crippen LogP contribution in [0.25, 0.3) is 0 Å². The van der Waals surface area contributed by atoms with Gasteiger partial charge in [0.15, 0.2) is 0 Å². The minimum Gasteiger partial charge on any atom is -0.394 e. The van der Waals surface area contributed by atoms with E-state index in [-0.39, 0.29) is 12.2 Å². The highest BCUT2D eigenvalue weighted by Gasteiger charge is 2.10. The molecule has 150 valence electrons. The molecule has 0 aliphatic heterocycles. The minimum atomic E-state index is -0.862. The summed E-state index contributed by atoms with van der Waals surface area (Å²) in [6.45, 7) is 1.28. The van der Waals surface area contributed by atoms with Crippen molar-refractivity contribution in [2.75, 3.05) is 19.8 Å². The molecule has 26 heavy (non-hydrogen) atoms. The first-order chi connectivity index (χ1) is 12.6.